The van der Waals surface area contributed by atoms with Gasteiger partial charge in [-0.25, -0.2) is 9.78 Å². The van der Waals surface area contributed by atoms with Crippen LogP contribution < -0.4 is 10.1 Å². The molecule has 3 aromatic rings. The lowest BCUT2D eigenvalue weighted by atomic mass is 10.1. The number of amides is 1. The molecule has 0 spiro atoms. The molecule has 7 heteroatoms. The Hall–Kier alpha value is -3.19. The average Bonchev–Trinajstić information content (AvgIpc) is 3.14. The zero-order valence-electron chi connectivity index (χ0n) is 18.1. The number of carbonyl (C=O) groups excluding carboxylic acids is 1. The van der Waals surface area contributed by atoms with Crippen molar-refractivity contribution in [3.05, 3.63) is 70.2 Å². The normalized spacial score (nSPS) is 11.2. The summed E-state index contributed by atoms with van der Waals surface area (Å²) >= 11 is 1.38. The van der Waals surface area contributed by atoms with Crippen molar-refractivity contribution >= 4 is 23.2 Å². The number of thiazole rings is 1. The molecule has 6 nitrogen and oxygen atoms in total. The lowest BCUT2D eigenvalue weighted by Gasteiger charge is -2.21. The first-order valence-electron chi connectivity index (χ1n) is 10.1. The van der Waals surface area contributed by atoms with Gasteiger partial charge >= 0.3 is 5.97 Å². The quantitative estimate of drug-likeness (QED) is 0.525. The standard InChI is InChI=1S/C24H26N2O4S/c1-5-16-6-10-18(11-7-16)22-26-15(2)20(31-22)21(27)25-14-17-8-12-19(13-9-17)30-24(3,4)23(28)29/h6-13H,5,14H2,1-4H3,(H,25,27)(H,28,29). The monoisotopic (exact) mass is 438 g/mol. The first-order chi connectivity index (χ1) is 14.7. The van der Waals surface area contributed by atoms with Crippen LogP contribution in [0.2, 0.25) is 0 Å². The van der Waals surface area contributed by atoms with Crippen molar-refractivity contribution < 1.29 is 19.4 Å². The molecular weight excluding hydrogens is 412 g/mol. The van der Waals surface area contributed by atoms with Gasteiger partial charge in [0.1, 0.15) is 15.6 Å². The first kappa shape index (κ1) is 22.5. The largest absolute Gasteiger partial charge is 0.478 e. The van der Waals surface area contributed by atoms with Crippen LogP contribution in [-0.4, -0.2) is 27.6 Å². The van der Waals surface area contributed by atoms with Crippen molar-refractivity contribution in [2.24, 2.45) is 0 Å². The van der Waals surface area contributed by atoms with E-state index in [1.807, 2.05) is 19.1 Å². The van der Waals surface area contributed by atoms with Gasteiger partial charge in [-0.3, -0.25) is 4.79 Å². The van der Waals surface area contributed by atoms with E-state index in [0.29, 0.717) is 22.9 Å². The first-order valence-corrected chi connectivity index (χ1v) is 10.9. The van der Waals surface area contributed by atoms with E-state index in [4.69, 9.17) is 9.84 Å². The summed E-state index contributed by atoms with van der Waals surface area (Å²) in [6, 6.07) is 15.2. The lowest BCUT2D eigenvalue weighted by Crippen LogP contribution is -2.37. The highest BCUT2D eigenvalue weighted by Gasteiger charge is 2.29. The number of carboxylic acid groups (broad SMARTS) is 1. The van der Waals surface area contributed by atoms with Gasteiger partial charge in [0.2, 0.25) is 0 Å². The number of aromatic nitrogens is 1. The maximum Gasteiger partial charge on any atom is 0.347 e. The number of aliphatic carboxylic acids is 1. The SMILES string of the molecule is CCc1ccc(-c2nc(C)c(C(=O)NCc3ccc(OC(C)(C)C(=O)O)cc3)s2)cc1. The third-order valence-electron chi connectivity index (χ3n) is 4.88. The van der Waals surface area contributed by atoms with Gasteiger partial charge in [-0.1, -0.05) is 43.3 Å². The van der Waals surface area contributed by atoms with Crippen LogP contribution in [0, 0.1) is 6.92 Å². The Morgan fingerprint density at radius 3 is 2.26 bits per heavy atom. The summed E-state index contributed by atoms with van der Waals surface area (Å²) < 4.78 is 5.49. The Labute approximate surface area is 185 Å². The van der Waals surface area contributed by atoms with E-state index in [1.165, 1.54) is 30.7 Å². The summed E-state index contributed by atoms with van der Waals surface area (Å²) in [6.45, 7) is 7.29. The number of carboxylic acids is 1. The molecule has 0 fully saturated rings. The Balaban J connectivity index is 1.63. The topological polar surface area (TPSA) is 88.5 Å². The van der Waals surface area contributed by atoms with Crippen molar-refractivity contribution in [3.8, 4) is 16.3 Å². The zero-order valence-corrected chi connectivity index (χ0v) is 18.9. The van der Waals surface area contributed by atoms with E-state index in [0.717, 1.165) is 22.6 Å². The molecular formula is C24H26N2O4S. The summed E-state index contributed by atoms with van der Waals surface area (Å²) in [7, 11) is 0. The van der Waals surface area contributed by atoms with Crippen molar-refractivity contribution in [3.63, 3.8) is 0 Å². The number of carbonyl (C=O) groups is 2. The molecule has 31 heavy (non-hydrogen) atoms. The third-order valence-corrected chi connectivity index (χ3v) is 6.08. The minimum Gasteiger partial charge on any atom is -0.478 e. The summed E-state index contributed by atoms with van der Waals surface area (Å²) in [5.41, 5.74) is 2.54. The molecule has 0 saturated carbocycles. The van der Waals surface area contributed by atoms with Gasteiger partial charge in [0.25, 0.3) is 5.91 Å². The van der Waals surface area contributed by atoms with Gasteiger partial charge in [-0.15, -0.1) is 11.3 Å². The number of aryl methyl sites for hydroxylation is 2. The van der Waals surface area contributed by atoms with Gasteiger partial charge in [0, 0.05) is 12.1 Å². The van der Waals surface area contributed by atoms with Crippen LogP contribution in [0.15, 0.2) is 48.5 Å². The second-order valence-electron chi connectivity index (χ2n) is 7.73. The molecule has 0 radical (unpaired) electrons. The van der Waals surface area contributed by atoms with E-state index in [-0.39, 0.29) is 5.91 Å². The minimum absolute atomic E-state index is 0.168. The van der Waals surface area contributed by atoms with E-state index in [1.54, 1.807) is 24.3 Å². The van der Waals surface area contributed by atoms with Crippen molar-refractivity contribution in [2.75, 3.05) is 0 Å². The number of ether oxygens (including phenoxy) is 1. The fourth-order valence-electron chi connectivity index (χ4n) is 2.89. The maximum absolute atomic E-state index is 12.7. The number of benzene rings is 2. The number of hydrogen-bond donors (Lipinski definition) is 2. The van der Waals surface area contributed by atoms with Gasteiger partial charge in [-0.2, -0.15) is 0 Å². The Kier molecular flexibility index (Phi) is 6.75. The minimum atomic E-state index is -1.31. The van der Waals surface area contributed by atoms with Crippen LogP contribution in [0.5, 0.6) is 5.75 Å². The molecule has 1 amide bonds. The van der Waals surface area contributed by atoms with Crippen LogP contribution in [0.25, 0.3) is 10.6 Å². The summed E-state index contributed by atoms with van der Waals surface area (Å²) in [5, 5.41) is 12.9. The fourth-order valence-corrected chi connectivity index (χ4v) is 3.88. The van der Waals surface area contributed by atoms with Gasteiger partial charge in [0.05, 0.1) is 5.69 Å². The third kappa shape index (κ3) is 5.49. The predicted molar refractivity (Wildman–Crippen MR) is 122 cm³/mol. The van der Waals surface area contributed by atoms with Crippen LogP contribution in [-0.2, 0) is 17.8 Å². The Morgan fingerprint density at radius 2 is 1.68 bits per heavy atom. The second-order valence-corrected chi connectivity index (χ2v) is 8.73. The van der Waals surface area contributed by atoms with E-state index < -0.39 is 11.6 Å². The highest BCUT2D eigenvalue weighted by molar-refractivity contribution is 7.17. The van der Waals surface area contributed by atoms with Crippen molar-refractivity contribution in [1.82, 2.24) is 10.3 Å². The van der Waals surface area contributed by atoms with Gasteiger partial charge in [-0.05, 0) is 50.5 Å². The molecule has 0 saturated heterocycles. The molecule has 1 aromatic heterocycles. The van der Waals surface area contributed by atoms with Crippen molar-refractivity contribution in [2.45, 2.75) is 46.3 Å². The van der Waals surface area contributed by atoms with E-state index >= 15 is 0 Å². The molecule has 2 aromatic carbocycles. The summed E-state index contributed by atoms with van der Waals surface area (Å²) in [4.78, 5) is 29.0. The molecule has 0 bridgehead atoms. The molecule has 2 N–H and O–H groups in total. The number of nitrogens with zero attached hydrogens (tertiary/aromatic N) is 1. The van der Waals surface area contributed by atoms with Crippen LogP contribution in [0.3, 0.4) is 0 Å². The number of nitrogens with one attached hydrogen (secondary N) is 1. The number of rotatable bonds is 8. The van der Waals surface area contributed by atoms with Gasteiger partial charge < -0.3 is 15.2 Å². The Bertz CT molecular complexity index is 1070. The smallest absolute Gasteiger partial charge is 0.347 e. The van der Waals surface area contributed by atoms with Crippen LogP contribution >= 0.6 is 11.3 Å². The molecule has 1 heterocycles. The molecule has 0 aliphatic rings. The van der Waals surface area contributed by atoms with Crippen molar-refractivity contribution in [1.29, 1.82) is 0 Å². The summed E-state index contributed by atoms with van der Waals surface area (Å²) in [5.74, 6) is -0.747. The molecule has 0 atom stereocenters. The number of hydrogen-bond acceptors (Lipinski definition) is 5. The van der Waals surface area contributed by atoms with Crippen LogP contribution in [0.4, 0.5) is 0 Å². The predicted octanol–water partition coefficient (Wildman–Crippen LogP) is 4.85. The second kappa shape index (κ2) is 9.31. The zero-order chi connectivity index (χ0) is 22.6. The molecule has 162 valence electrons. The molecule has 0 aliphatic heterocycles. The molecule has 0 aliphatic carbocycles. The fraction of sp³-hybridized carbons (Fsp3) is 0.292. The van der Waals surface area contributed by atoms with E-state index in [9.17, 15) is 9.59 Å². The van der Waals surface area contributed by atoms with Crippen LogP contribution in [0.1, 0.15) is 47.3 Å². The highest BCUT2D eigenvalue weighted by Crippen LogP contribution is 2.28. The molecule has 3 rings (SSSR count). The lowest BCUT2D eigenvalue weighted by molar-refractivity contribution is -0.152. The maximum atomic E-state index is 12.7. The van der Waals surface area contributed by atoms with Gasteiger partial charge in [0.15, 0.2) is 5.60 Å². The summed E-state index contributed by atoms with van der Waals surface area (Å²) in [6.07, 6.45) is 0.981. The Morgan fingerprint density at radius 1 is 1.06 bits per heavy atom. The van der Waals surface area contributed by atoms with E-state index in [2.05, 4.69) is 29.4 Å². The average molecular weight is 439 g/mol. The highest BCUT2D eigenvalue weighted by atomic mass is 32.1. The molecule has 0 unspecified atom stereocenters.